The van der Waals surface area contributed by atoms with Gasteiger partial charge in [0.1, 0.15) is 0 Å². The minimum atomic E-state index is 0.0222. The van der Waals surface area contributed by atoms with E-state index in [1.54, 1.807) is 6.20 Å². The van der Waals surface area contributed by atoms with Crippen LogP contribution in [0.5, 0.6) is 0 Å². The predicted octanol–water partition coefficient (Wildman–Crippen LogP) is 2.59. The summed E-state index contributed by atoms with van der Waals surface area (Å²) in [7, 11) is 0. The second-order valence-corrected chi connectivity index (χ2v) is 6.65. The molecule has 4 rings (SSSR count). The van der Waals surface area contributed by atoms with E-state index in [-0.39, 0.29) is 11.8 Å². The molecule has 124 valence electrons. The maximum atomic E-state index is 13.1. The summed E-state index contributed by atoms with van der Waals surface area (Å²) in [6.07, 6.45) is 4.70. The summed E-state index contributed by atoms with van der Waals surface area (Å²) in [6, 6.07) is 10.1. The molecule has 5 nitrogen and oxygen atoms in total. The lowest BCUT2D eigenvalue weighted by atomic mass is 9.96. The number of fused-ring (bicyclic) bond motifs is 1. The minimum Gasteiger partial charge on any atom is -0.340 e. The first-order valence-electron chi connectivity index (χ1n) is 8.66. The minimum absolute atomic E-state index is 0.0222. The van der Waals surface area contributed by atoms with Gasteiger partial charge < -0.3 is 9.80 Å². The maximum Gasteiger partial charge on any atom is 0.231 e. The van der Waals surface area contributed by atoms with Gasteiger partial charge in [-0.25, -0.2) is 9.97 Å². The van der Waals surface area contributed by atoms with Gasteiger partial charge in [0.05, 0.1) is 5.92 Å². The second-order valence-electron chi connectivity index (χ2n) is 6.65. The van der Waals surface area contributed by atoms with Crippen molar-refractivity contribution < 1.29 is 4.79 Å². The zero-order chi connectivity index (χ0) is 16.5. The van der Waals surface area contributed by atoms with Gasteiger partial charge in [-0.05, 0) is 43.9 Å². The SMILES string of the molecule is Cc1ccnc(N2CCCC(C(=O)N3CCc4ccccc43)C2)n1. The van der Waals surface area contributed by atoms with Crippen LogP contribution in [-0.2, 0) is 11.2 Å². The van der Waals surface area contributed by atoms with Crippen molar-refractivity contribution >= 4 is 17.5 Å². The maximum absolute atomic E-state index is 13.1. The average molecular weight is 322 g/mol. The van der Waals surface area contributed by atoms with E-state index >= 15 is 0 Å². The number of aromatic nitrogens is 2. The number of rotatable bonds is 2. The monoisotopic (exact) mass is 322 g/mol. The Bertz CT molecular complexity index is 761. The Morgan fingerprint density at radius 1 is 1.21 bits per heavy atom. The highest BCUT2D eigenvalue weighted by atomic mass is 16.2. The molecule has 0 radical (unpaired) electrons. The molecule has 1 fully saturated rings. The first-order chi connectivity index (χ1) is 11.7. The van der Waals surface area contributed by atoms with E-state index in [1.165, 1.54) is 5.56 Å². The van der Waals surface area contributed by atoms with Gasteiger partial charge in [-0.3, -0.25) is 4.79 Å². The Balaban J connectivity index is 1.51. The number of carbonyl (C=O) groups excluding carboxylic acids is 1. The molecule has 0 N–H and O–H groups in total. The molecule has 1 saturated heterocycles. The summed E-state index contributed by atoms with van der Waals surface area (Å²) >= 11 is 0. The number of nitrogens with zero attached hydrogens (tertiary/aromatic N) is 4. The zero-order valence-corrected chi connectivity index (χ0v) is 14.0. The van der Waals surface area contributed by atoms with E-state index < -0.39 is 0 Å². The lowest BCUT2D eigenvalue weighted by Crippen LogP contribution is -2.45. The average Bonchev–Trinajstić information content (AvgIpc) is 3.05. The first-order valence-corrected chi connectivity index (χ1v) is 8.66. The molecule has 3 heterocycles. The van der Waals surface area contributed by atoms with E-state index in [0.717, 1.165) is 49.7 Å². The smallest absolute Gasteiger partial charge is 0.231 e. The molecule has 1 aromatic heterocycles. The van der Waals surface area contributed by atoms with Crippen LogP contribution in [-0.4, -0.2) is 35.5 Å². The van der Waals surface area contributed by atoms with Crippen molar-refractivity contribution in [2.75, 3.05) is 29.4 Å². The van der Waals surface area contributed by atoms with Gasteiger partial charge in [0.25, 0.3) is 0 Å². The molecule has 0 spiro atoms. The summed E-state index contributed by atoms with van der Waals surface area (Å²) in [5.74, 6) is 1.01. The fraction of sp³-hybridized carbons (Fsp3) is 0.421. The van der Waals surface area contributed by atoms with Gasteiger partial charge in [0.15, 0.2) is 0 Å². The second kappa shape index (κ2) is 6.23. The molecule has 5 heteroatoms. The third-order valence-electron chi connectivity index (χ3n) is 4.99. The third kappa shape index (κ3) is 2.75. The Morgan fingerprint density at radius 3 is 2.96 bits per heavy atom. The number of hydrogen-bond acceptors (Lipinski definition) is 4. The van der Waals surface area contributed by atoms with Gasteiger partial charge in [-0.2, -0.15) is 0 Å². The van der Waals surface area contributed by atoms with Crippen LogP contribution < -0.4 is 9.80 Å². The zero-order valence-electron chi connectivity index (χ0n) is 14.0. The number of para-hydroxylation sites is 1. The van der Waals surface area contributed by atoms with Gasteiger partial charge in [-0.15, -0.1) is 0 Å². The number of carbonyl (C=O) groups is 1. The molecular weight excluding hydrogens is 300 g/mol. The molecule has 24 heavy (non-hydrogen) atoms. The molecule has 2 aliphatic heterocycles. The van der Waals surface area contributed by atoms with E-state index in [0.29, 0.717) is 6.54 Å². The summed E-state index contributed by atoms with van der Waals surface area (Å²) < 4.78 is 0. The van der Waals surface area contributed by atoms with Crippen LogP contribution in [0.2, 0.25) is 0 Å². The van der Waals surface area contributed by atoms with E-state index in [9.17, 15) is 4.79 Å². The Kier molecular flexibility index (Phi) is 3.92. The third-order valence-corrected chi connectivity index (χ3v) is 4.99. The lowest BCUT2D eigenvalue weighted by Gasteiger charge is -2.34. The highest BCUT2D eigenvalue weighted by Gasteiger charge is 2.33. The fourth-order valence-corrected chi connectivity index (χ4v) is 3.74. The summed E-state index contributed by atoms with van der Waals surface area (Å²) in [6.45, 7) is 4.40. The molecule has 2 aromatic rings. The molecule has 0 bridgehead atoms. The molecule has 0 saturated carbocycles. The Morgan fingerprint density at radius 2 is 2.08 bits per heavy atom. The van der Waals surface area contributed by atoms with E-state index in [2.05, 4.69) is 27.0 Å². The van der Waals surface area contributed by atoms with Crippen LogP contribution in [0.15, 0.2) is 36.5 Å². The van der Waals surface area contributed by atoms with Crippen molar-refractivity contribution in [2.45, 2.75) is 26.2 Å². The number of amides is 1. The number of anilines is 2. The van der Waals surface area contributed by atoms with Crippen LogP contribution >= 0.6 is 0 Å². The summed E-state index contributed by atoms with van der Waals surface area (Å²) in [5, 5.41) is 0. The fourth-order valence-electron chi connectivity index (χ4n) is 3.74. The van der Waals surface area contributed by atoms with Crippen molar-refractivity contribution in [1.29, 1.82) is 0 Å². The molecule has 2 aliphatic rings. The quantitative estimate of drug-likeness (QED) is 0.853. The Labute approximate surface area is 142 Å². The van der Waals surface area contributed by atoms with Crippen LogP contribution in [0.4, 0.5) is 11.6 Å². The molecule has 1 amide bonds. The van der Waals surface area contributed by atoms with Crippen molar-refractivity contribution in [2.24, 2.45) is 5.92 Å². The standard InChI is InChI=1S/C19H22N4O/c1-14-8-10-20-19(21-14)22-11-4-6-16(13-22)18(24)23-12-9-15-5-2-3-7-17(15)23/h2-3,5,7-8,10,16H,4,6,9,11-13H2,1H3. The highest BCUT2D eigenvalue weighted by Crippen LogP contribution is 2.31. The largest absolute Gasteiger partial charge is 0.340 e. The van der Waals surface area contributed by atoms with E-state index in [1.807, 2.05) is 30.0 Å². The highest BCUT2D eigenvalue weighted by molar-refractivity contribution is 5.97. The molecule has 1 unspecified atom stereocenters. The lowest BCUT2D eigenvalue weighted by molar-refractivity contribution is -0.122. The number of hydrogen-bond donors (Lipinski definition) is 0. The van der Waals surface area contributed by atoms with Crippen molar-refractivity contribution in [1.82, 2.24) is 9.97 Å². The van der Waals surface area contributed by atoms with Gasteiger partial charge in [-0.1, -0.05) is 18.2 Å². The predicted molar refractivity (Wildman–Crippen MR) is 94.2 cm³/mol. The molecule has 1 aromatic carbocycles. The molecule has 0 aliphatic carbocycles. The molecule has 1 atom stereocenters. The molecular formula is C19H22N4O. The van der Waals surface area contributed by atoms with Crippen LogP contribution in [0.25, 0.3) is 0 Å². The van der Waals surface area contributed by atoms with E-state index in [4.69, 9.17) is 0 Å². The normalized spacial score (nSPS) is 20.1. The van der Waals surface area contributed by atoms with Crippen LogP contribution in [0, 0.1) is 12.8 Å². The Hall–Kier alpha value is -2.43. The first kappa shape index (κ1) is 15.1. The van der Waals surface area contributed by atoms with Crippen molar-refractivity contribution in [3.63, 3.8) is 0 Å². The van der Waals surface area contributed by atoms with Gasteiger partial charge >= 0.3 is 0 Å². The topological polar surface area (TPSA) is 49.3 Å². The number of aryl methyl sites for hydroxylation is 1. The van der Waals surface area contributed by atoms with Crippen molar-refractivity contribution in [3.8, 4) is 0 Å². The van der Waals surface area contributed by atoms with Crippen LogP contribution in [0.1, 0.15) is 24.1 Å². The van der Waals surface area contributed by atoms with Gasteiger partial charge in [0, 0.05) is 37.2 Å². The van der Waals surface area contributed by atoms with Crippen LogP contribution in [0.3, 0.4) is 0 Å². The summed E-state index contributed by atoms with van der Waals surface area (Å²) in [4.78, 5) is 26.1. The summed E-state index contributed by atoms with van der Waals surface area (Å²) in [5.41, 5.74) is 3.33. The van der Waals surface area contributed by atoms with Crippen molar-refractivity contribution in [3.05, 3.63) is 47.8 Å². The number of piperidine rings is 1. The number of benzene rings is 1. The van der Waals surface area contributed by atoms with Gasteiger partial charge in [0.2, 0.25) is 11.9 Å².